The van der Waals surface area contributed by atoms with Gasteiger partial charge in [0.1, 0.15) is 29.6 Å². The highest BCUT2D eigenvalue weighted by molar-refractivity contribution is 5.99. The number of carbonyl (C=O) groups is 2. The van der Waals surface area contributed by atoms with Crippen LogP contribution in [0.15, 0.2) is 53.4 Å². The van der Waals surface area contributed by atoms with Crippen LogP contribution in [0.3, 0.4) is 0 Å². The smallest absolute Gasteiger partial charge is 0.418 e. The third-order valence-electron chi connectivity index (χ3n) is 5.28. The predicted molar refractivity (Wildman–Crippen MR) is 117 cm³/mol. The molecule has 1 fully saturated rings. The van der Waals surface area contributed by atoms with Crippen LogP contribution in [0.4, 0.5) is 24.2 Å². The molecule has 184 valence electrons. The average molecular weight is 497 g/mol. The summed E-state index contributed by atoms with van der Waals surface area (Å²) in [6, 6.07) is 8.34. The van der Waals surface area contributed by atoms with Crippen molar-refractivity contribution in [2.45, 2.75) is 12.6 Å². The topological polar surface area (TPSA) is 148 Å². The van der Waals surface area contributed by atoms with Crippen LogP contribution in [0, 0.1) is 11.6 Å². The van der Waals surface area contributed by atoms with E-state index in [2.05, 4.69) is 25.5 Å². The minimum absolute atomic E-state index is 0.0444. The summed E-state index contributed by atoms with van der Waals surface area (Å²) in [7, 11) is 0. The monoisotopic (exact) mass is 497 g/mol. The normalized spacial score (nSPS) is 15.2. The van der Waals surface area contributed by atoms with Crippen LogP contribution in [-0.4, -0.2) is 66.3 Å². The molecule has 0 saturated carbocycles. The highest BCUT2D eigenvalue weighted by Crippen LogP contribution is 2.26. The Morgan fingerprint density at radius 1 is 1.19 bits per heavy atom. The van der Waals surface area contributed by atoms with E-state index in [1.165, 1.54) is 17.0 Å². The van der Waals surface area contributed by atoms with E-state index in [1.807, 2.05) is 0 Å². The van der Waals surface area contributed by atoms with E-state index in [0.717, 1.165) is 6.20 Å². The quantitative estimate of drug-likeness (QED) is 0.410. The van der Waals surface area contributed by atoms with Crippen LogP contribution < -0.4 is 5.32 Å². The molecular formula is C22H17F2N7O5. The molecule has 3 amide bonds. The van der Waals surface area contributed by atoms with Gasteiger partial charge in [0.25, 0.3) is 0 Å². The van der Waals surface area contributed by atoms with Gasteiger partial charge >= 0.3 is 12.1 Å². The van der Waals surface area contributed by atoms with Gasteiger partial charge in [0.15, 0.2) is 17.5 Å². The SMILES string of the molecule is O=C(Nc1nc(-c2cc(-c3ccon3)n(Cc3ccccc3F)n2)ncc1F)N1C[C@H](CO)OC1=O. The largest absolute Gasteiger partial charge is 0.441 e. The average Bonchev–Trinajstić information content (AvgIpc) is 3.62. The van der Waals surface area contributed by atoms with E-state index < -0.39 is 42.3 Å². The van der Waals surface area contributed by atoms with Crippen molar-refractivity contribution in [2.24, 2.45) is 0 Å². The summed E-state index contributed by atoms with van der Waals surface area (Å²) in [5.41, 5.74) is 1.41. The molecule has 4 heterocycles. The second-order valence-electron chi connectivity index (χ2n) is 7.67. The van der Waals surface area contributed by atoms with Crippen molar-refractivity contribution < 1.29 is 32.7 Å². The molecule has 0 radical (unpaired) electrons. The lowest BCUT2D eigenvalue weighted by Crippen LogP contribution is -2.36. The summed E-state index contributed by atoms with van der Waals surface area (Å²) in [4.78, 5) is 33.0. The molecule has 0 spiro atoms. The van der Waals surface area contributed by atoms with Crippen LogP contribution in [0.1, 0.15) is 5.56 Å². The summed E-state index contributed by atoms with van der Waals surface area (Å²) in [5, 5.41) is 19.7. The number of hydrogen-bond donors (Lipinski definition) is 2. The lowest BCUT2D eigenvalue weighted by Gasteiger charge is -2.12. The maximum Gasteiger partial charge on any atom is 0.418 e. The summed E-state index contributed by atoms with van der Waals surface area (Å²) in [6.07, 6.45) is 0.345. The van der Waals surface area contributed by atoms with Gasteiger partial charge in [-0.1, -0.05) is 23.4 Å². The third-order valence-corrected chi connectivity index (χ3v) is 5.28. The number of imide groups is 1. The van der Waals surface area contributed by atoms with Gasteiger partial charge in [0.05, 0.1) is 31.6 Å². The second kappa shape index (κ2) is 9.50. The number of nitrogens with one attached hydrogen (secondary N) is 1. The highest BCUT2D eigenvalue weighted by atomic mass is 19.1. The number of aromatic nitrogens is 5. The summed E-state index contributed by atoms with van der Waals surface area (Å²) < 4.78 is 39.9. The number of anilines is 1. The minimum atomic E-state index is -0.993. The van der Waals surface area contributed by atoms with Gasteiger partial charge in [-0.15, -0.1) is 0 Å². The number of urea groups is 1. The molecular weight excluding hydrogens is 480 g/mol. The number of cyclic esters (lactones) is 1. The van der Waals surface area contributed by atoms with Gasteiger partial charge < -0.3 is 14.4 Å². The highest BCUT2D eigenvalue weighted by Gasteiger charge is 2.36. The number of hydrogen-bond acceptors (Lipinski definition) is 9. The molecule has 0 unspecified atom stereocenters. The van der Waals surface area contributed by atoms with Crippen LogP contribution in [0.5, 0.6) is 0 Å². The molecule has 1 aliphatic rings. The Labute approximate surface area is 201 Å². The van der Waals surface area contributed by atoms with Crippen molar-refractivity contribution >= 4 is 17.9 Å². The van der Waals surface area contributed by atoms with E-state index >= 15 is 0 Å². The number of amides is 3. The molecule has 0 aliphatic carbocycles. The van der Waals surface area contributed by atoms with Crippen molar-refractivity contribution in [1.29, 1.82) is 0 Å². The zero-order valence-electron chi connectivity index (χ0n) is 18.3. The third kappa shape index (κ3) is 4.48. The van der Waals surface area contributed by atoms with Gasteiger partial charge in [-0.05, 0) is 12.1 Å². The van der Waals surface area contributed by atoms with E-state index in [-0.39, 0.29) is 24.6 Å². The summed E-state index contributed by atoms with van der Waals surface area (Å²) >= 11 is 0. The molecule has 1 saturated heterocycles. The zero-order chi connectivity index (χ0) is 25.2. The van der Waals surface area contributed by atoms with Gasteiger partial charge in [-0.3, -0.25) is 10.00 Å². The Hall–Kier alpha value is -4.72. The molecule has 1 aliphatic heterocycles. The fraction of sp³-hybridized carbons (Fsp3) is 0.182. The standard InChI is InChI=1S/C22H17F2N7O5/c23-14-4-2-1-3-12(14)9-31-18(16-5-6-35-29-16)7-17(28-31)20-25-8-15(24)19(26-20)27-21(33)30-10-13(11-32)36-22(30)34/h1-8,13,32H,9-11H2,(H,25,26,27,33)/t13-/m1/s1. The van der Waals surface area contributed by atoms with Crippen LogP contribution in [-0.2, 0) is 11.3 Å². The first kappa shape index (κ1) is 23.0. The zero-order valence-corrected chi connectivity index (χ0v) is 18.3. The van der Waals surface area contributed by atoms with Crippen LogP contribution in [0.2, 0.25) is 0 Å². The van der Waals surface area contributed by atoms with Gasteiger partial charge in [0.2, 0.25) is 0 Å². The number of halogens is 2. The molecule has 1 aromatic carbocycles. The first-order valence-electron chi connectivity index (χ1n) is 10.6. The first-order chi connectivity index (χ1) is 17.4. The maximum atomic E-state index is 14.4. The molecule has 2 N–H and O–H groups in total. The molecule has 14 heteroatoms. The van der Waals surface area contributed by atoms with Crippen molar-refractivity contribution in [2.75, 3.05) is 18.5 Å². The first-order valence-corrected chi connectivity index (χ1v) is 10.6. The molecule has 5 rings (SSSR count). The van der Waals surface area contributed by atoms with Crippen LogP contribution in [0.25, 0.3) is 22.9 Å². The second-order valence-corrected chi connectivity index (χ2v) is 7.67. The number of ether oxygens (including phenoxy) is 1. The molecule has 36 heavy (non-hydrogen) atoms. The minimum Gasteiger partial charge on any atom is -0.441 e. The Bertz CT molecular complexity index is 1430. The number of nitrogens with zero attached hydrogens (tertiary/aromatic N) is 6. The summed E-state index contributed by atoms with van der Waals surface area (Å²) in [6.45, 7) is -0.629. The molecule has 4 aromatic rings. The molecule has 0 bridgehead atoms. The van der Waals surface area contributed by atoms with E-state index in [9.17, 15) is 18.4 Å². The Kier molecular flexibility index (Phi) is 6.08. The van der Waals surface area contributed by atoms with Gasteiger partial charge in [-0.2, -0.15) is 5.10 Å². The number of carbonyl (C=O) groups excluding carboxylic acids is 2. The van der Waals surface area contributed by atoms with Gasteiger partial charge in [0, 0.05) is 11.6 Å². The Balaban J connectivity index is 1.45. The lowest BCUT2D eigenvalue weighted by atomic mass is 10.2. The molecule has 3 aromatic heterocycles. The number of rotatable bonds is 6. The maximum absolute atomic E-state index is 14.4. The Morgan fingerprint density at radius 2 is 2.03 bits per heavy atom. The number of aliphatic hydroxyl groups excluding tert-OH is 1. The number of benzene rings is 1. The van der Waals surface area contributed by atoms with Crippen molar-refractivity contribution in [3.63, 3.8) is 0 Å². The van der Waals surface area contributed by atoms with Crippen molar-refractivity contribution in [3.8, 4) is 22.9 Å². The number of aliphatic hydroxyl groups is 1. The van der Waals surface area contributed by atoms with E-state index in [4.69, 9.17) is 14.4 Å². The Morgan fingerprint density at radius 3 is 2.75 bits per heavy atom. The van der Waals surface area contributed by atoms with E-state index in [0.29, 0.717) is 21.9 Å². The van der Waals surface area contributed by atoms with Crippen molar-refractivity contribution in [1.82, 2.24) is 29.8 Å². The fourth-order valence-electron chi connectivity index (χ4n) is 3.51. The summed E-state index contributed by atoms with van der Waals surface area (Å²) in [5.74, 6) is -1.94. The molecule has 1 atom stereocenters. The van der Waals surface area contributed by atoms with Crippen LogP contribution >= 0.6 is 0 Å². The lowest BCUT2D eigenvalue weighted by molar-refractivity contribution is 0.0952. The molecule has 12 nitrogen and oxygen atoms in total. The van der Waals surface area contributed by atoms with Crippen molar-refractivity contribution in [3.05, 3.63) is 66.1 Å². The fourth-order valence-corrected chi connectivity index (χ4v) is 3.51. The van der Waals surface area contributed by atoms with Gasteiger partial charge in [-0.25, -0.2) is 33.2 Å². The predicted octanol–water partition coefficient (Wildman–Crippen LogP) is 2.67. The van der Waals surface area contributed by atoms with E-state index in [1.54, 1.807) is 30.3 Å².